The van der Waals surface area contributed by atoms with Gasteiger partial charge in [0.05, 0.1) is 13.2 Å². The molecule has 1 N–H and O–H groups in total. The Morgan fingerprint density at radius 3 is 2.64 bits per heavy atom. The highest BCUT2D eigenvalue weighted by Crippen LogP contribution is 2.23. The number of nitrogens with zero attached hydrogens (tertiary/aromatic N) is 1. The van der Waals surface area contributed by atoms with Gasteiger partial charge in [-0.15, -0.1) is 0 Å². The number of carbonyl (C=O) groups excluding carboxylic acids is 3. The molecule has 138 valence electrons. The van der Waals surface area contributed by atoms with Gasteiger partial charge >= 0.3 is 6.03 Å². The molecule has 1 aliphatic heterocycles. The first-order chi connectivity index (χ1) is 11.8. The van der Waals surface area contributed by atoms with Crippen LogP contribution in [0.3, 0.4) is 0 Å². The van der Waals surface area contributed by atoms with Gasteiger partial charge in [-0.3, -0.25) is 14.5 Å². The van der Waals surface area contributed by atoms with Crippen molar-refractivity contribution in [3.63, 3.8) is 0 Å². The Morgan fingerprint density at radius 2 is 2.08 bits per heavy atom. The number of hydrogen-bond acceptors (Lipinski definition) is 4. The van der Waals surface area contributed by atoms with Crippen molar-refractivity contribution in [3.05, 3.63) is 22.2 Å². The van der Waals surface area contributed by atoms with Crippen LogP contribution in [0.25, 0.3) is 0 Å². The van der Waals surface area contributed by atoms with Crippen molar-refractivity contribution in [2.45, 2.75) is 52.1 Å². The number of hydrogen-bond donors (Lipinski definition) is 1. The van der Waals surface area contributed by atoms with Crippen molar-refractivity contribution < 1.29 is 19.1 Å². The minimum Gasteiger partial charge on any atom is -0.374 e. The molecule has 3 amide bonds. The molecule has 0 saturated carbocycles. The number of ketones is 1. The number of amides is 3. The third-order valence-corrected chi connectivity index (χ3v) is 5.06. The summed E-state index contributed by atoms with van der Waals surface area (Å²) in [5, 5.41) is 2.63. The van der Waals surface area contributed by atoms with E-state index >= 15 is 0 Å². The van der Waals surface area contributed by atoms with Crippen molar-refractivity contribution in [1.82, 2.24) is 10.2 Å². The zero-order valence-electron chi connectivity index (χ0n) is 14.9. The Balaban J connectivity index is 1.95. The Hall–Kier alpha value is -1.47. The SMILES string of the molecule is CCC(=O)[C@@H](C(C)C)N1C(=O)N[C@@H](COCC2=CC=C(Br)CC2)C1=O. The maximum atomic E-state index is 12.6. The number of Topliss-reactive ketones (excluding diaryl/α,β-unsaturated/α-hetero) is 1. The van der Waals surface area contributed by atoms with Crippen LogP contribution in [0, 0.1) is 5.92 Å². The van der Waals surface area contributed by atoms with Crippen LogP contribution in [-0.4, -0.2) is 47.9 Å². The zero-order chi connectivity index (χ0) is 18.6. The molecule has 0 aromatic rings. The van der Waals surface area contributed by atoms with Crippen LogP contribution in [-0.2, 0) is 14.3 Å². The van der Waals surface area contributed by atoms with Gasteiger partial charge in [-0.05, 0) is 28.8 Å². The number of carbonyl (C=O) groups is 3. The molecular formula is C18H25BrN2O4. The number of nitrogens with one attached hydrogen (secondary N) is 1. The van der Waals surface area contributed by atoms with E-state index in [4.69, 9.17) is 4.74 Å². The number of urea groups is 1. The van der Waals surface area contributed by atoms with E-state index in [-0.39, 0.29) is 30.6 Å². The largest absolute Gasteiger partial charge is 0.374 e. The Morgan fingerprint density at radius 1 is 1.36 bits per heavy atom. The summed E-state index contributed by atoms with van der Waals surface area (Å²) >= 11 is 3.45. The summed E-state index contributed by atoms with van der Waals surface area (Å²) in [4.78, 5) is 38.0. The van der Waals surface area contributed by atoms with E-state index in [0.29, 0.717) is 6.61 Å². The van der Waals surface area contributed by atoms with E-state index in [9.17, 15) is 14.4 Å². The molecule has 0 radical (unpaired) electrons. The molecule has 0 bridgehead atoms. The lowest BCUT2D eigenvalue weighted by atomic mass is 9.96. The Kier molecular flexibility index (Phi) is 6.95. The average Bonchev–Trinajstić information content (AvgIpc) is 2.84. The number of imide groups is 1. The van der Waals surface area contributed by atoms with Crippen LogP contribution in [0.4, 0.5) is 4.79 Å². The van der Waals surface area contributed by atoms with Crippen molar-refractivity contribution in [1.29, 1.82) is 0 Å². The van der Waals surface area contributed by atoms with Crippen LogP contribution < -0.4 is 5.32 Å². The first-order valence-corrected chi connectivity index (χ1v) is 9.42. The summed E-state index contributed by atoms with van der Waals surface area (Å²) in [6.07, 6.45) is 6.14. The lowest BCUT2D eigenvalue weighted by molar-refractivity contribution is -0.137. The van der Waals surface area contributed by atoms with E-state index in [1.807, 2.05) is 26.0 Å². The lowest BCUT2D eigenvalue weighted by Crippen LogP contribution is -2.48. The molecule has 0 aromatic carbocycles. The second-order valence-electron chi connectivity index (χ2n) is 6.67. The zero-order valence-corrected chi connectivity index (χ0v) is 16.5. The molecule has 1 heterocycles. The van der Waals surface area contributed by atoms with Crippen LogP contribution >= 0.6 is 15.9 Å². The molecule has 0 aromatic heterocycles. The molecule has 2 rings (SSSR count). The molecular weight excluding hydrogens is 388 g/mol. The van der Waals surface area contributed by atoms with E-state index in [0.717, 1.165) is 27.8 Å². The van der Waals surface area contributed by atoms with Crippen LogP contribution in [0.15, 0.2) is 22.2 Å². The van der Waals surface area contributed by atoms with Crippen molar-refractivity contribution in [2.75, 3.05) is 13.2 Å². The number of ether oxygens (including phenoxy) is 1. The summed E-state index contributed by atoms with van der Waals surface area (Å²) in [5.74, 6) is -0.616. The minimum atomic E-state index is -0.732. The van der Waals surface area contributed by atoms with Crippen molar-refractivity contribution >= 4 is 33.7 Å². The summed E-state index contributed by atoms with van der Waals surface area (Å²) < 4.78 is 6.78. The number of halogens is 1. The highest BCUT2D eigenvalue weighted by atomic mass is 79.9. The van der Waals surface area contributed by atoms with Crippen LogP contribution in [0.5, 0.6) is 0 Å². The quantitative estimate of drug-likeness (QED) is 0.621. The fourth-order valence-corrected chi connectivity index (χ4v) is 3.36. The maximum Gasteiger partial charge on any atom is 0.325 e. The second kappa shape index (κ2) is 8.76. The van der Waals surface area contributed by atoms with E-state index in [2.05, 4.69) is 21.2 Å². The molecule has 0 unspecified atom stereocenters. The van der Waals surface area contributed by atoms with E-state index in [1.165, 1.54) is 0 Å². The van der Waals surface area contributed by atoms with Crippen LogP contribution in [0.1, 0.15) is 40.0 Å². The molecule has 1 aliphatic carbocycles. The van der Waals surface area contributed by atoms with Gasteiger partial charge in [0.1, 0.15) is 12.1 Å². The second-order valence-corrected chi connectivity index (χ2v) is 7.69. The van der Waals surface area contributed by atoms with Crippen molar-refractivity contribution in [3.8, 4) is 0 Å². The monoisotopic (exact) mass is 412 g/mol. The minimum absolute atomic E-state index is 0.106. The van der Waals surface area contributed by atoms with Gasteiger partial charge in [-0.25, -0.2) is 4.79 Å². The highest BCUT2D eigenvalue weighted by molar-refractivity contribution is 9.11. The molecule has 2 atom stereocenters. The van der Waals surface area contributed by atoms with Gasteiger partial charge < -0.3 is 10.1 Å². The Labute approximate surface area is 156 Å². The van der Waals surface area contributed by atoms with Gasteiger partial charge in [0, 0.05) is 6.42 Å². The maximum absolute atomic E-state index is 12.6. The number of rotatable bonds is 8. The van der Waals surface area contributed by atoms with E-state index in [1.54, 1.807) is 6.92 Å². The number of allylic oxidation sites excluding steroid dienone is 3. The third-order valence-electron chi connectivity index (χ3n) is 4.40. The van der Waals surface area contributed by atoms with Gasteiger partial charge in [-0.2, -0.15) is 0 Å². The van der Waals surface area contributed by atoms with Crippen LogP contribution in [0.2, 0.25) is 0 Å². The van der Waals surface area contributed by atoms with Gasteiger partial charge in [0.25, 0.3) is 5.91 Å². The normalized spacial score (nSPS) is 22.0. The predicted molar refractivity (Wildman–Crippen MR) is 98.2 cm³/mol. The van der Waals surface area contributed by atoms with Gasteiger partial charge in [-0.1, -0.05) is 48.9 Å². The van der Waals surface area contributed by atoms with Crippen molar-refractivity contribution in [2.24, 2.45) is 5.92 Å². The standard InChI is InChI=1S/C18H25BrN2O4/c1-4-15(22)16(11(2)3)21-17(23)14(20-18(21)24)10-25-9-12-5-7-13(19)8-6-12/h5,7,11,14,16H,4,6,8-10H2,1-3H3,(H,20,24)/t14-,16+/m0/s1. The fraction of sp³-hybridized carbons (Fsp3) is 0.611. The average molecular weight is 413 g/mol. The van der Waals surface area contributed by atoms with E-state index < -0.39 is 18.1 Å². The molecule has 6 nitrogen and oxygen atoms in total. The summed E-state index contributed by atoms with van der Waals surface area (Å²) in [5.41, 5.74) is 1.15. The summed E-state index contributed by atoms with van der Waals surface area (Å²) in [7, 11) is 0. The fourth-order valence-electron chi connectivity index (χ4n) is 3.03. The third kappa shape index (κ3) is 4.79. The molecule has 1 fully saturated rings. The molecule has 2 aliphatic rings. The molecule has 1 saturated heterocycles. The Bertz CT molecular complexity index is 612. The first-order valence-electron chi connectivity index (χ1n) is 8.63. The topological polar surface area (TPSA) is 75.7 Å². The summed E-state index contributed by atoms with van der Waals surface area (Å²) in [6, 6.07) is -1.96. The van der Waals surface area contributed by atoms with Gasteiger partial charge in [0.2, 0.25) is 0 Å². The summed E-state index contributed by atoms with van der Waals surface area (Å²) in [6.45, 7) is 5.95. The first kappa shape index (κ1) is 19.8. The molecule has 25 heavy (non-hydrogen) atoms. The smallest absolute Gasteiger partial charge is 0.325 e. The molecule has 0 spiro atoms. The predicted octanol–water partition coefficient (Wildman–Crippen LogP) is 2.93. The lowest BCUT2D eigenvalue weighted by Gasteiger charge is -2.27. The highest BCUT2D eigenvalue weighted by Gasteiger charge is 2.45. The van der Waals surface area contributed by atoms with Gasteiger partial charge in [0.15, 0.2) is 5.78 Å². The molecule has 7 heteroatoms.